The second kappa shape index (κ2) is 4.12. The first-order valence-electron chi connectivity index (χ1n) is 5.59. The molecule has 0 spiro atoms. The minimum Gasteiger partial charge on any atom is -0.489 e. The highest BCUT2D eigenvalue weighted by Crippen LogP contribution is 2.17. The molecular weight excluding hydrogens is 198 g/mol. The van der Waals surface area contributed by atoms with Crippen molar-refractivity contribution in [1.82, 2.24) is 0 Å². The van der Waals surface area contributed by atoms with Gasteiger partial charge in [0.05, 0.1) is 5.56 Å². The Hall–Kier alpha value is -1.57. The number of nitrogens with zero attached hydrogens (tertiary/aromatic N) is 1. The lowest BCUT2D eigenvalue weighted by atomic mass is 10.1. The summed E-state index contributed by atoms with van der Waals surface area (Å²) < 4.78 is 7.79. The number of pyridine rings is 1. The van der Waals surface area contributed by atoms with Crippen LogP contribution in [0.15, 0.2) is 42.8 Å². The van der Waals surface area contributed by atoms with Gasteiger partial charge in [-0.25, -0.2) is 0 Å². The summed E-state index contributed by atoms with van der Waals surface area (Å²) in [7, 11) is 0. The highest BCUT2D eigenvalue weighted by Gasteiger charge is 2.22. The lowest BCUT2D eigenvalue weighted by Gasteiger charge is -2.15. The Bertz CT molecular complexity index is 438. The van der Waals surface area contributed by atoms with E-state index < -0.39 is 0 Å². The van der Waals surface area contributed by atoms with Gasteiger partial charge in [-0.05, 0) is 18.2 Å². The van der Waals surface area contributed by atoms with Crippen LogP contribution in [0.1, 0.15) is 26.3 Å². The van der Waals surface area contributed by atoms with Gasteiger partial charge in [0.2, 0.25) is 0 Å². The molecule has 0 aromatic carbocycles. The number of hydrogen-bond acceptors (Lipinski definition) is 1. The maximum Gasteiger partial charge on any atom is 0.180 e. The molecule has 0 radical (unpaired) electrons. The van der Waals surface area contributed by atoms with Gasteiger partial charge >= 0.3 is 0 Å². The van der Waals surface area contributed by atoms with Gasteiger partial charge in [0.1, 0.15) is 12.4 Å². The average Bonchev–Trinajstić information content (AvgIpc) is 2.29. The van der Waals surface area contributed by atoms with Crippen LogP contribution < -0.4 is 4.57 Å². The second-order valence-corrected chi connectivity index (χ2v) is 4.94. The van der Waals surface area contributed by atoms with Crippen LogP contribution in [0, 0.1) is 0 Å². The fourth-order valence-corrected chi connectivity index (χ4v) is 1.61. The van der Waals surface area contributed by atoms with Gasteiger partial charge in [-0.3, -0.25) is 0 Å². The molecule has 2 heterocycles. The Morgan fingerprint density at radius 2 is 2.12 bits per heavy atom. The molecule has 1 aromatic heterocycles. The van der Waals surface area contributed by atoms with Gasteiger partial charge in [0.25, 0.3) is 0 Å². The molecule has 16 heavy (non-hydrogen) atoms. The van der Waals surface area contributed by atoms with Crippen molar-refractivity contribution in [2.45, 2.75) is 26.3 Å². The molecule has 1 aromatic rings. The predicted molar refractivity (Wildman–Crippen MR) is 64.7 cm³/mol. The van der Waals surface area contributed by atoms with Gasteiger partial charge < -0.3 is 4.74 Å². The van der Waals surface area contributed by atoms with Gasteiger partial charge in [0, 0.05) is 26.8 Å². The van der Waals surface area contributed by atoms with Crippen LogP contribution in [0.2, 0.25) is 0 Å². The van der Waals surface area contributed by atoms with Gasteiger partial charge in [0.15, 0.2) is 17.9 Å². The molecule has 2 nitrogen and oxygen atoms in total. The number of hydrogen-bond donors (Lipinski definition) is 0. The van der Waals surface area contributed by atoms with E-state index in [9.17, 15) is 0 Å². The first-order valence-corrected chi connectivity index (χ1v) is 5.59. The molecular formula is C14H18NO+. The van der Waals surface area contributed by atoms with Gasteiger partial charge in [-0.1, -0.05) is 6.08 Å². The van der Waals surface area contributed by atoms with Crippen molar-refractivity contribution in [2.24, 2.45) is 0 Å². The molecule has 0 saturated carbocycles. The van der Waals surface area contributed by atoms with Crippen LogP contribution in [0.5, 0.6) is 0 Å². The van der Waals surface area contributed by atoms with Crippen LogP contribution in [0.3, 0.4) is 0 Å². The summed E-state index contributed by atoms with van der Waals surface area (Å²) in [6.45, 7) is 7.22. The number of ether oxygens (including phenoxy) is 1. The lowest BCUT2D eigenvalue weighted by Crippen LogP contribution is -2.49. The van der Waals surface area contributed by atoms with E-state index in [0.717, 1.165) is 11.3 Å². The van der Waals surface area contributed by atoms with Crippen LogP contribution in [0.4, 0.5) is 0 Å². The molecule has 0 N–H and O–H groups in total. The third-order valence-electron chi connectivity index (χ3n) is 2.58. The normalized spacial score (nSPS) is 15.6. The van der Waals surface area contributed by atoms with Crippen molar-refractivity contribution in [3.63, 3.8) is 0 Å². The quantitative estimate of drug-likeness (QED) is 0.658. The summed E-state index contributed by atoms with van der Waals surface area (Å²) in [6.07, 6.45) is 10.3. The molecule has 0 amide bonds. The van der Waals surface area contributed by atoms with E-state index >= 15 is 0 Å². The van der Waals surface area contributed by atoms with E-state index in [4.69, 9.17) is 4.74 Å². The summed E-state index contributed by atoms with van der Waals surface area (Å²) in [5.41, 5.74) is 1.22. The van der Waals surface area contributed by atoms with Crippen LogP contribution in [-0.4, -0.2) is 6.61 Å². The third-order valence-corrected chi connectivity index (χ3v) is 2.58. The fraction of sp³-hybridized carbons (Fsp3) is 0.357. The van der Waals surface area contributed by atoms with E-state index in [-0.39, 0.29) is 5.54 Å². The van der Waals surface area contributed by atoms with E-state index in [1.165, 1.54) is 0 Å². The Balaban J connectivity index is 2.36. The molecule has 0 unspecified atom stereocenters. The molecule has 84 valence electrons. The summed E-state index contributed by atoms with van der Waals surface area (Å²) in [5, 5.41) is 0. The minimum atomic E-state index is 0.0983. The Labute approximate surface area is 96.9 Å². The van der Waals surface area contributed by atoms with Crippen molar-refractivity contribution in [1.29, 1.82) is 0 Å². The fourth-order valence-electron chi connectivity index (χ4n) is 1.61. The van der Waals surface area contributed by atoms with Crippen molar-refractivity contribution in [3.8, 4) is 0 Å². The van der Waals surface area contributed by atoms with Crippen molar-refractivity contribution in [3.05, 3.63) is 48.3 Å². The zero-order valence-corrected chi connectivity index (χ0v) is 10.1. The largest absolute Gasteiger partial charge is 0.489 e. The van der Waals surface area contributed by atoms with E-state index in [2.05, 4.69) is 49.9 Å². The Kier molecular flexibility index (Phi) is 2.82. The zero-order chi connectivity index (χ0) is 11.6. The third kappa shape index (κ3) is 2.32. The summed E-state index contributed by atoms with van der Waals surface area (Å²) in [4.78, 5) is 0. The van der Waals surface area contributed by atoms with Crippen molar-refractivity contribution >= 4 is 5.76 Å². The minimum absolute atomic E-state index is 0.0983. The Morgan fingerprint density at radius 3 is 2.75 bits per heavy atom. The van der Waals surface area contributed by atoms with Crippen molar-refractivity contribution < 1.29 is 9.30 Å². The second-order valence-electron chi connectivity index (χ2n) is 4.94. The monoisotopic (exact) mass is 216 g/mol. The molecule has 0 saturated heterocycles. The highest BCUT2D eigenvalue weighted by atomic mass is 16.5. The first kappa shape index (κ1) is 10.9. The molecule has 1 aliphatic heterocycles. The van der Waals surface area contributed by atoms with Gasteiger partial charge in [-0.2, -0.15) is 4.57 Å². The standard InChI is InChI=1S/C14H18NO/c1-14(2,3)15-9-6-7-12(11-15)13-8-4-5-10-16-13/h4-9,11H,10H2,1-3H3/q+1. The highest BCUT2D eigenvalue weighted by molar-refractivity contribution is 5.60. The van der Waals surface area contributed by atoms with E-state index in [1.54, 1.807) is 0 Å². The van der Waals surface area contributed by atoms with Gasteiger partial charge in [-0.15, -0.1) is 0 Å². The van der Waals surface area contributed by atoms with Crippen LogP contribution in [-0.2, 0) is 10.3 Å². The van der Waals surface area contributed by atoms with Crippen molar-refractivity contribution in [2.75, 3.05) is 6.61 Å². The Morgan fingerprint density at radius 1 is 1.31 bits per heavy atom. The summed E-state index contributed by atoms with van der Waals surface area (Å²) >= 11 is 0. The number of rotatable bonds is 1. The molecule has 2 heteroatoms. The topological polar surface area (TPSA) is 13.1 Å². The summed E-state index contributed by atoms with van der Waals surface area (Å²) in [5.74, 6) is 0.945. The lowest BCUT2D eigenvalue weighted by molar-refractivity contribution is -0.754. The van der Waals surface area contributed by atoms with E-state index in [1.807, 2.05) is 18.2 Å². The zero-order valence-electron chi connectivity index (χ0n) is 10.1. The summed E-state index contributed by atoms with van der Waals surface area (Å²) in [6, 6.07) is 4.14. The van der Waals surface area contributed by atoms with E-state index in [0.29, 0.717) is 6.61 Å². The van der Waals surface area contributed by atoms with Crippen LogP contribution >= 0.6 is 0 Å². The maximum atomic E-state index is 5.59. The molecule has 1 aliphatic rings. The SMILES string of the molecule is CC(C)(C)[n+]1cccc(C2=CC=CCO2)c1. The molecule has 0 fully saturated rings. The smallest absolute Gasteiger partial charge is 0.180 e. The molecule has 0 aliphatic carbocycles. The predicted octanol–water partition coefficient (Wildman–Crippen LogP) is 2.66. The number of aromatic nitrogens is 1. The average molecular weight is 216 g/mol. The first-order chi connectivity index (χ1) is 7.57. The number of allylic oxidation sites excluding steroid dienone is 2. The molecule has 0 bridgehead atoms. The van der Waals surface area contributed by atoms with Crippen LogP contribution in [0.25, 0.3) is 5.76 Å². The molecule has 2 rings (SSSR count). The maximum absolute atomic E-state index is 5.59. The molecule has 0 atom stereocenters.